The van der Waals surface area contributed by atoms with E-state index in [0.29, 0.717) is 33.0 Å². The highest BCUT2D eigenvalue weighted by atomic mass is 35.5. The number of aromatic nitrogens is 3. The standard InChI is InChI=1S/C16H10ClFN4S/c17-11-7-5-10(6-8-11)15-19-20-16-22(15)21-14(9-23-16)12-3-1-2-4-13(12)18/h1-8H,9H2. The van der Waals surface area contributed by atoms with Crippen LogP contribution in [0.3, 0.4) is 0 Å². The van der Waals surface area contributed by atoms with Crippen LogP contribution in [0.25, 0.3) is 11.4 Å². The molecule has 0 saturated heterocycles. The van der Waals surface area contributed by atoms with E-state index in [1.165, 1.54) is 17.8 Å². The van der Waals surface area contributed by atoms with Crippen molar-refractivity contribution in [3.63, 3.8) is 0 Å². The van der Waals surface area contributed by atoms with E-state index in [0.717, 1.165) is 5.56 Å². The van der Waals surface area contributed by atoms with Crippen LogP contribution in [0.15, 0.2) is 58.8 Å². The summed E-state index contributed by atoms with van der Waals surface area (Å²) in [6, 6.07) is 13.9. The van der Waals surface area contributed by atoms with E-state index in [1.807, 2.05) is 12.1 Å². The number of fused-ring (bicyclic) bond motifs is 1. The monoisotopic (exact) mass is 344 g/mol. The van der Waals surface area contributed by atoms with Crippen molar-refractivity contribution in [1.29, 1.82) is 0 Å². The molecule has 0 aliphatic carbocycles. The summed E-state index contributed by atoms with van der Waals surface area (Å²) in [5, 5.41) is 14.2. The largest absolute Gasteiger partial charge is 0.212 e. The Kier molecular flexibility index (Phi) is 3.63. The highest BCUT2D eigenvalue weighted by Crippen LogP contribution is 2.29. The topological polar surface area (TPSA) is 43.1 Å². The van der Waals surface area contributed by atoms with E-state index >= 15 is 0 Å². The minimum Gasteiger partial charge on any atom is -0.206 e. The van der Waals surface area contributed by atoms with Crippen LogP contribution >= 0.6 is 23.4 Å². The highest BCUT2D eigenvalue weighted by molar-refractivity contribution is 7.99. The summed E-state index contributed by atoms with van der Waals surface area (Å²) >= 11 is 7.41. The lowest BCUT2D eigenvalue weighted by molar-refractivity contribution is 0.624. The van der Waals surface area contributed by atoms with Crippen LogP contribution < -0.4 is 0 Å². The van der Waals surface area contributed by atoms with Gasteiger partial charge in [-0.25, -0.2) is 4.39 Å². The van der Waals surface area contributed by atoms with Crippen LogP contribution in [-0.2, 0) is 0 Å². The number of hydrogen-bond acceptors (Lipinski definition) is 4. The molecule has 0 radical (unpaired) electrons. The van der Waals surface area contributed by atoms with E-state index in [9.17, 15) is 4.39 Å². The molecule has 23 heavy (non-hydrogen) atoms. The number of rotatable bonds is 2. The van der Waals surface area contributed by atoms with Crippen LogP contribution in [0.5, 0.6) is 0 Å². The van der Waals surface area contributed by atoms with Gasteiger partial charge in [-0.1, -0.05) is 41.6 Å². The lowest BCUT2D eigenvalue weighted by Crippen LogP contribution is -2.15. The number of thioether (sulfide) groups is 1. The minimum atomic E-state index is -0.281. The Hall–Kier alpha value is -2.18. The van der Waals surface area contributed by atoms with Gasteiger partial charge in [0.05, 0.1) is 5.71 Å². The average Bonchev–Trinajstić information content (AvgIpc) is 2.99. The molecular formula is C16H10ClFN4S. The molecule has 0 fully saturated rings. The summed E-state index contributed by atoms with van der Waals surface area (Å²) in [6.45, 7) is 0. The second kappa shape index (κ2) is 5.79. The summed E-state index contributed by atoms with van der Waals surface area (Å²) in [7, 11) is 0. The first-order valence-corrected chi connectivity index (χ1v) is 8.25. The Morgan fingerprint density at radius 2 is 1.83 bits per heavy atom. The molecule has 0 N–H and O–H groups in total. The van der Waals surface area contributed by atoms with Crippen molar-refractivity contribution in [3.8, 4) is 11.4 Å². The summed E-state index contributed by atoms with van der Waals surface area (Å²) in [5.74, 6) is 0.883. The van der Waals surface area contributed by atoms with Crippen molar-refractivity contribution in [2.24, 2.45) is 5.10 Å². The molecule has 1 aliphatic rings. The zero-order valence-corrected chi connectivity index (χ0v) is 13.4. The first kappa shape index (κ1) is 14.4. The smallest absolute Gasteiger partial charge is 0.206 e. The zero-order chi connectivity index (χ0) is 15.8. The van der Waals surface area contributed by atoms with Crippen molar-refractivity contribution in [1.82, 2.24) is 14.9 Å². The Balaban J connectivity index is 1.81. The Labute approximate surface area is 141 Å². The van der Waals surface area contributed by atoms with E-state index in [4.69, 9.17) is 11.6 Å². The number of hydrogen-bond donors (Lipinski definition) is 0. The second-order valence-electron chi connectivity index (χ2n) is 4.94. The maximum Gasteiger partial charge on any atom is 0.212 e. The van der Waals surface area contributed by atoms with Gasteiger partial charge in [-0.05, 0) is 30.3 Å². The third kappa shape index (κ3) is 2.64. The predicted octanol–water partition coefficient (Wildman–Crippen LogP) is 4.10. The van der Waals surface area contributed by atoms with Crippen LogP contribution in [0.2, 0.25) is 5.02 Å². The number of nitrogens with zero attached hydrogens (tertiary/aromatic N) is 4. The predicted molar refractivity (Wildman–Crippen MR) is 89.5 cm³/mol. The Morgan fingerprint density at radius 1 is 1.04 bits per heavy atom. The number of benzene rings is 2. The molecule has 0 bridgehead atoms. The molecule has 2 heterocycles. The van der Waals surface area contributed by atoms with Gasteiger partial charge in [0, 0.05) is 21.9 Å². The maximum atomic E-state index is 14.0. The maximum absolute atomic E-state index is 14.0. The minimum absolute atomic E-state index is 0.281. The molecule has 2 aromatic carbocycles. The average molecular weight is 345 g/mol. The molecule has 4 rings (SSSR count). The summed E-state index contributed by atoms with van der Waals surface area (Å²) < 4.78 is 15.7. The third-order valence-corrected chi connectivity index (χ3v) is 4.64. The molecule has 0 unspecified atom stereocenters. The van der Waals surface area contributed by atoms with Crippen LogP contribution in [0, 0.1) is 5.82 Å². The molecular weight excluding hydrogens is 335 g/mol. The van der Waals surface area contributed by atoms with Gasteiger partial charge in [0.15, 0.2) is 5.82 Å². The van der Waals surface area contributed by atoms with Crippen molar-refractivity contribution >= 4 is 29.1 Å². The fourth-order valence-corrected chi connectivity index (χ4v) is 3.29. The molecule has 0 amide bonds. The second-order valence-corrected chi connectivity index (χ2v) is 6.32. The van der Waals surface area contributed by atoms with Gasteiger partial charge in [0.25, 0.3) is 0 Å². The molecule has 1 aliphatic heterocycles. The Morgan fingerprint density at radius 3 is 2.61 bits per heavy atom. The lowest BCUT2D eigenvalue weighted by atomic mass is 10.1. The van der Waals surface area contributed by atoms with Gasteiger partial charge in [0.2, 0.25) is 5.16 Å². The van der Waals surface area contributed by atoms with Gasteiger partial charge >= 0.3 is 0 Å². The van der Waals surface area contributed by atoms with Gasteiger partial charge in [-0.3, -0.25) is 0 Å². The molecule has 1 aromatic heterocycles. The van der Waals surface area contributed by atoms with Crippen LogP contribution in [0.1, 0.15) is 5.56 Å². The molecule has 0 atom stereocenters. The SMILES string of the molecule is Fc1ccccc1C1=Nn2c(nnc2-c2ccc(Cl)cc2)SC1. The van der Waals surface area contributed by atoms with Crippen molar-refractivity contribution < 1.29 is 4.39 Å². The van der Waals surface area contributed by atoms with Gasteiger partial charge < -0.3 is 0 Å². The fraction of sp³-hybridized carbons (Fsp3) is 0.0625. The van der Waals surface area contributed by atoms with Crippen LogP contribution in [0.4, 0.5) is 4.39 Å². The molecule has 3 aromatic rings. The summed E-state index contributed by atoms with van der Waals surface area (Å²) in [5.41, 5.74) is 2.02. The van der Waals surface area contributed by atoms with Crippen LogP contribution in [-0.4, -0.2) is 26.3 Å². The normalized spacial score (nSPS) is 13.6. The fourth-order valence-electron chi connectivity index (χ4n) is 2.33. The quantitative estimate of drug-likeness (QED) is 0.703. The summed E-state index contributed by atoms with van der Waals surface area (Å²) in [6.07, 6.45) is 0. The van der Waals surface area contributed by atoms with E-state index in [1.54, 1.807) is 35.0 Å². The zero-order valence-electron chi connectivity index (χ0n) is 11.8. The van der Waals surface area contributed by atoms with Crippen molar-refractivity contribution in [3.05, 3.63) is 64.9 Å². The Bertz CT molecular complexity index is 905. The van der Waals surface area contributed by atoms with Crippen molar-refractivity contribution in [2.45, 2.75) is 5.16 Å². The molecule has 114 valence electrons. The first-order valence-electron chi connectivity index (χ1n) is 6.89. The molecule has 0 spiro atoms. The van der Waals surface area contributed by atoms with E-state index in [-0.39, 0.29) is 5.82 Å². The summed E-state index contributed by atoms with van der Waals surface area (Å²) in [4.78, 5) is 0. The van der Waals surface area contributed by atoms with E-state index in [2.05, 4.69) is 15.3 Å². The van der Waals surface area contributed by atoms with E-state index < -0.39 is 0 Å². The molecule has 0 saturated carbocycles. The third-order valence-electron chi connectivity index (χ3n) is 3.46. The first-order chi connectivity index (χ1) is 11.2. The molecule has 7 heteroatoms. The van der Waals surface area contributed by atoms with Gasteiger partial charge in [-0.2, -0.15) is 9.78 Å². The highest BCUT2D eigenvalue weighted by Gasteiger charge is 2.21. The van der Waals surface area contributed by atoms with Gasteiger partial charge in [-0.15, -0.1) is 10.2 Å². The molecule has 4 nitrogen and oxygen atoms in total. The van der Waals surface area contributed by atoms with Gasteiger partial charge in [0.1, 0.15) is 5.82 Å². The number of halogens is 2. The lowest BCUT2D eigenvalue weighted by Gasteiger charge is -2.14. The van der Waals surface area contributed by atoms with Crippen molar-refractivity contribution in [2.75, 3.05) is 5.75 Å².